The van der Waals surface area contributed by atoms with Crippen LogP contribution in [0.3, 0.4) is 0 Å². The second-order valence-electron chi connectivity index (χ2n) is 12.9. The van der Waals surface area contributed by atoms with Gasteiger partial charge in [-0.05, 0) is 200 Å². The fourth-order valence-electron chi connectivity index (χ4n) is 8.36. The highest BCUT2D eigenvalue weighted by Gasteiger charge is 2.29. The van der Waals surface area contributed by atoms with E-state index in [9.17, 15) is 0 Å². The molecule has 5 aromatic heterocycles. The van der Waals surface area contributed by atoms with Crippen molar-refractivity contribution in [3.05, 3.63) is 153 Å². The first-order valence-electron chi connectivity index (χ1n) is 16.7. The summed E-state index contributed by atoms with van der Waals surface area (Å²) in [4.78, 5) is 21.9. The molecule has 0 aliphatic carbocycles. The van der Waals surface area contributed by atoms with Crippen molar-refractivity contribution < 1.29 is 0 Å². The number of rotatable bonds is 5. The van der Waals surface area contributed by atoms with Crippen LogP contribution in [0.5, 0.6) is 0 Å². The maximum atomic E-state index is 4.38. The van der Waals surface area contributed by atoms with Crippen molar-refractivity contribution in [2.75, 3.05) is 0 Å². The third-order valence-corrected chi connectivity index (χ3v) is 10.4. The molecule has 0 aliphatic rings. The second-order valence-corrected chi connectivity index (χ2v) is 12.9. The summed E-state index contributed by atoms with van der Waals surface area (Å²) in [6, 6.07) is 33.3. The molecule has 0 spiro atoms. The number of benzene rings is 5. The molecule has 0 fully saturated rings. The fraction of sp³-hybridized carbons (Fsp3) is 0. The zero-order chi connectivity index (χ0) is 32.8. The van der Waals surface area contributed by atoms with Crippen molar-refractivity contribution in [1.82, 2.24) is 24.9 Å². The van der Waals surface area contributed by atoms with Crippen LogP contribution in [0, 0.1) is 0 Å². The third-order valence-electron chi connectivity index (χ3n) is 10.4. The topological polar surface area (TPSA) is 64.5 Å². The van der Waals surface area contributed by atoms with Gasteiger partial charge in [-0.15, -0.1) is 0 Å². The summed E-state index contributed by atoms with van der Waals surface area (Å²) in [7, 11) is 0. The largest absolute Gasteiger partial charge is 0.265 e. The predicted molar refractivity (Wildman–Crippen MR) is 204 cm³/mol. The maximum Gasteiger partial charge on any atom is 0.0273 e. The Balaban J connectivity index is 1.45. The molecule has 0 aliphatic heterocycles. The van der Waals surface area contributed by atoms with Crippen LogP contribution in [0.4, 0.5) is 0 Å². The lowest BCUT2D eigenvalue weighted by molar-refractivity contribution is 1.33. The van der Waals surface area contributed by atoms with Gasteiger partial charge in [-0.3, -0.25) is 24.9 Å². The summed E-state index contributed by atoms with van der Waals surface area (Å²) in [6.45, 7) is 0. The molecule has 6 aromatic carbocycles. The summed E-state index contributed by atoms with van der Waals surface area (Å²) in [6.07, 6.45) is 18.9. The smallest absolute Gasteiger partial charge is 0.0273 e. The Bertz CT molecular complexity index is 2480. The molecular weight excluding hydrogens is 611 g/mol. The Hall–Kier alpha value is -6.85. The van der Waals surface area contributed by atoms with Gasteiger partial charge in [0.25, 0.3) is 0 Å². The highest BCUT2D eigenvalue weighted by molar-refractivity contribution is 6.49. The Morgan fingerprint density at radius 2 is 0.380 bits per heavy atom. The maximum absolute atomic E-state index is 4.38. The predicted octanol–water partition coefficient (Wildman–Crippen LogP) is 11.1. The molecule has 50 heavy (non-hydrogen) atoms. The third kappa shape index (κ3) is 3.74. The van der Waals surface area contributed by atoms with Gasteiger partial charge in [0.15, 0.2) is 0 Å². The number of nitrogens with zero attached hydrogens (tertiary/aromatic N) is 5. The minimum Gasteiger partial charge on any atom is -0.265 e. The molecule has 5 heteroatoms. The Kier molecular flexibility index (Phi) is 5.60. The van der Waals surface area contributed by atoms with Gasteiger partial charge in [-0.2, -0.15) is 0 Å². The minimum atomic E-state index is 1.14. The van der Waals surface area contributed by atoms with Gasteiger partial charge >= 0.3 is 0 Å². The van der Waals surface area contributed by atoms with Crippen LogP contribution in [0.25, 0.3) is 109 Å². The van der Waals surface area contributed by atoms with Crippen molar-refractivity contribution >= 4 is 53.9 Å². The molecule has 0 unspecified atom stereocenters. The van der Waals surface area contributed by atoms with Crippen molar-refractivity contribution in [3.8, 4) is 55.6 Å². The van der Waals surface area contributed by atoms with Gasteiger partial charge in [0.05, 0.1) is 0 Å². The molecule has 0 saturated carbocycles. The van der Waals surface area contributed by atoms with Crippen LogP contribution in [0.15, 0.2) is 153 Å². The standard InChI is InChI=1S/C45H25N5/c1-11-46-12-2-26(1)31-21-37-33(28-5-15-48-16-6-28)23-39-35(30-9-19-50-20-10-30)25-40-34(29-7-17-49-18-8-29)24-38-32(27-3-13-47-14-4-27)22-36(31)41-42(37)44(39)45(40)43(38)41/h1-25H. The zero-order valence-corrected chi connectivity index (χ0v) is 26.7. The summed E-state index contributed by atoms with van der Waals surface area (Å²) < 4.78 is 0. The van der Waals surface area contributed by atoms with E-state index >= 15 is 0 Å². The van der Waals surface area contributed by atoms with E-state index in [4.69, 9.17) is 0 Å². The first-order valence-corrected chi connectivity index (χ1v) is 16.7. The van der Waals surface area contributed by atoms with E-state index in [1.165, 1.54) is 81.7 Å². The van der Waals surface area contributed by atoms with Crippen LogP contribution in [0.1, 0.15) is 0 Å². The SMILES string of the molecule is c1cc(-c2cc3c(-c4ccncc4)cc4c(-c5ccncc5)cc5c(-c6ccncc6)cc6c(-c7ccncc7)cc2c2c6c5c4c32)ccn1. The lowest BCUT2D eigenvalue weighted by Crippen LogP contribution is -1.90. The molecule has 0 atom stereocenters. The van der Waals surface area contributed by atoms with Crippen molar-refractivity contribution in [3.63, 3.8) is 0 Å². The minimum absolute atomic E-state index is 1.14. The van der Waals surface area contributed by atoms with Gasteiger partial charge in [-0.25, -0.2) is 0 Å². The molecule has 0 bridgehead atoms. The number of pyridine rings is 5. The molecule has 230 valence electrons. The van der Waals surface area contributed by atoms with E-state index in [0.29, 0.717) is 0 Å². The van der Waals surface area contributed by atoms with Crippen LogP contribution >= 0.6 is 0 Å². The lowest BCUT2D eigenvalue weighted by atomic mass is 9.86. The molecule has 5 nitrogen and oxygen atoms in total. The molecule has 0 N–H and O–H groups in total. The summed E-state index contributed by atoms with van der Waals surface area (Å²) in [5.41, 5.74) is 11.6. The highest BCUT2D eigenvalue weighted by Crippen LogP contribution is 2.57. The first-order chi connectivity index (χ1) is 24.8. The summed E-state index contributed by atoms with van der Waals surface area (Å²) >= 11 is 0. The van der Waals surface area contributed by atoms with Gasteiger partial charge in [0.1, 0.15) is 0 Å². The molecule has 0 saturated heterocycles. The van der Waals surface area contributed by atoms with E-state index in [2.05, 4.69) is 116 Å². The molecule has 11 aromatic rings. The lowest BCUT2D eigenvalue weighted by Gasteiger charge is -2.17. The van der Waals surface area contributed by atoms with Gasteiger partial charge in [0, 0.05) is 62.0 Å². The normalized spacial score (nSPS) is 12.0. The Morgan fingerprint density at radius 3 is 0.540 bits per heavy atom. The zero-order valence-electron chi connectivity index (χ0n) is 26.7. The van der Waals surface area contributed by atoms with E-state index < -0.39 is 0 Å². The average molecular weight is 636 g/mol. The highest BCUT2D eigenvalue weighted by atomic mass is 14.6. The second kappa shape index (κ2) is 10.3. The van der Waals surface area contributed by atoms with E-state index in [0.717, 1.165) is 27.8 Å². The van der Waals surface area contributed by atoms with E-state index in [1.807, 2.05) is 62.0 Å². The van der Waals surface area contributed by atoms with Crippen LogP contribution in [-0.2, 0) is 0 Å². The van der Waals surface area contributed by atoms with Gasteiger partial charge in [0.2, 0.25) is 0 Å². The van der Waals surface area contributed by atoms with Crippen LogP contribution < -0.4 is 0 Å². The average Bonchev–Trinajstić information content (AvgIpc) is 3.57. The van der Waals surface area contributed by atoms with Crippen molar-refractivity contribution in [2.24, 2.45) is 0 Å². The monoisotopic (exact) mass is 635 g/mol. The van der Waals surface area contributed by atoms with Crippen molar-refractivity contribution in [2.45, 2.75) is 0 Å². The van der Waals surface area contributed by atoms with E-state index in [-0.39, 0.29) is 0 Å². The number of hydrogen-bond donors (Lipinski definition) is 0. The van der Waals surface area contributed by atoms with Gasteiger partial charge < -0.3 is 0 Å². The quantitative estimate of drug-likeness (QED) is 0.176. The van der Waals surface area contributed by atoms with Crippen LogP contribution in [-0.4, -0.2) is 24.9 Å². The summed E-state index contributed by atoms with van der Waals surface area (Å²) in [5, 5.41) is 12.7. The number of hydrogen-bond acceptors (Lipinski definition) is 5. The molecule has 0 amide bonds. The Labute approximate surface area is 286 Å². The number of aromatic nitrogens is 5. The first kappa shape index (κ1) is 27.1. The fourth-order valence-corrected chi connectivity index (χ4v) is 8.36. The van der Waals surface area contributed by atoms with Crippen molar-refractivity contribution in [1.29, 1.82) is 0 Å². The molecule has 5 heterocycles. The molecular formula is C45H25N5. The van der Waals surface area contributed by atoms with Crippen LogP contribution in [0.2, 0.25) is 0 Å². The molecule has 0 radical (unpaired) electrons. The Morgan fingerprint density at radius 1 is 0.220 bits per heavy atom. The summed E-state index contributed by atoms with van der Waals surface area (Å²) in [5.74, 6) is 0. The van der Waals surface area contributed by atoms with Gasteiger partial charge in [-0.1, -0.05) is 0 Å². The molecule has 11 rings (SSSR count). The van der Waals surface area contributed by atoms with E-state index in [1.54, 1.807) is 0 Å².